The Morgan fingerprint density at radius 2 is 1.91 bits per heavy atom. The molecule has 0 radical (unpaired) electrons. The minimum atomic E-state index is -0.0336. The molecule has 116 valence electrons. The van der Waals surface area contributed by atoms with E-state index in [1.807, 2.05) is 35.8 Å². The van der Waals surface area contributed by atoms with Gasteiger partial charge in [0.25, 0.3) is 5.56 Å². The van der Waals surface area contributed by atoms with Crippen molar-refractivity contribution in [3.05, 3.63) is 45.9 Å². The van der Waals surface area contributed by atoms with Crippen LogP contribution >= 0.6 is 0 Å². The van der Waals surface area contributed by atoms with Gasteiger partial charge >= 0.3 is 0 Å². The van der Waals surface area contributed by atoms with Crippen molar-refractivity contribution in [1.29, 1.82) is 0 Å². The van der Waals surface area contributed by atoms with E-state index in [1.165, 1.54) is 0 Å². The largest absolute Gasteiger partial charge is 0.394 e. The van der Waals surface area contributed by atoms with E-state index in [2.05, 4.69) is 4.98 Å². The number of fused-ring (bicyclic) bond motifs is 3. The molecule has 0 saturated heterocycles. The standard InChI is InChI=1S/C16H19N3O3/c1-11-12(2)17-16-18(7-9-22-10-8-20)13-5-3-4-6-14(13)19(16)15(11)21/h3-6,20H,7-10H2,1-2H3. The first kappa shape index (κ1) is 14.7. The molecule has 0 fully saturated rings. The lowest BCUT2D eigenvalue weighted by Crippen LogP contribution is -2.19. The average Bonchev–Trinajstić information content (AvgIpc) is 2.83. The van der Waals surface area contributed by atoms with E-state index >= 15 is 0 Å². The average molecular weight is 301 g/mol. The smallest absolute Gasteiger partial charge is 0.262 e. The van der Waals surface area contributed by atoms with E-state index in [9.17, 15) is 4.79 Å². The molecule has 3 aromatic rings. The van der Waals surface area contributed by atoms with Gasteiger partial charge in [0, 0.05) is 17.8 Å². The Morgan fingerprint density at radius 3 is 2.64 bits per heavy atom. The third kappa shape index (κ3) is 2.30. The second-order valence-corrected chi connectivity index (χ2v) is 5.24. The summed E-state index contributed by atoms with van der Waals surface area (Å²) in [5, 5.41) is 8.78. The zero-order chi connectivity index (χ0) is 15.7. The maximum atomic E-state index is 12.6. The number of imidazole rings is 1. The number of ether oxygens (including phenoxy) is 1. The summed E-state index contributed by atoms with van der Waals surface area (Å²) in [6.45, 7) is 4.99. The first-order valence-electron chi connectivity index (χ1n) is 7.31. The van der Waals surface area contributed by atoms with E-state index in [1.54, 1.807) is 11.3 Å². The zero-order valence-corrected chi connectivity index (χ0v) is 12.7. The third-order valence-corrected chi connectivity index (χ3v) is 3.88. The Labute approximate surface area is 127 Å². The summed E-state index contributed by atoms with van der Waals surface area (Å²) in [4.78, 5) is 17.2. The lowest BCUT2D eigenvalue weighted by Gasteiger charge is -2.07. The van der Waals surface area contributed by atoms with Crippen molar-refractivity contribution >= 4 is 16.8 Å². The number of aryl methyl sites for hydroxylation is 1. The van der Waals surface area contributed by atoms with Crippen LogP contribution in [-0.4, -0.2) is 38.9 Å². The number of aliphatic hydroxyl groups is 1. The highest BCUT2D eigenvalue weighted by Crippen LogP contribution is 2.19. The summed E-state index contributed by atoms with van der Waals surface area (Å²) in [6, 6.07) is 7.75. The molecule has 0 saturated carbocycles. The summed E-state index contributed by atoms with van der Waals surface area (Å²) in [6.07, 6.45) is 0. The molecule has 1 aromatic carbocycles. The quantitative estimate of drug-likeness (QED) is 0.721. The molecule has 0 amide bonds. The first-order valence-corrected chi connectivity index (χ1v) is 7.31. The van der Waals surface area contributed by atoms with Crippen LogP contribution < -0.4 is 5.56 Å². The lowest BCUT2D eigenvalue weighted by molar-refractivity contribution is 0.0879. The molecular formula is C16H19N3O3. The highest BCUT2D eigenvalue weighted by molar-refractivity contribution is 5.80. The van der Waals surface area contributed by atoms with Gasteiger partial charge in [-0.3, -0.25) is 4.79 Å². The molecule has 22 heavy (non-hydrogen) atoms. The van der Waals surface area contributed by atoms with Crippen molar-refractivity contribution in [2.45, 2.75) is 20.4 Å². The number of hydrogen-bond acceptors (Lipinski definition) is 4. The highest BCUT2D eigenvalue weighted by atomic mass is 16.5. The second kappa shape index (κ2) is 5.90. The van der Waals surface area contributed by atoms with Gasteiger partial charge in [0.2, 0.25) is 5.78 Å². The van der Waals surface area contributed by atoms with Gasteiger partial charge in [0.1, 0.15) is 0 Å². The normalized spacial score (nSPS) is 11.6. The van der Waals surface area contributed by atoms with Crippen molar-refractivity contribution in [2.75, 3.05) is 19.8 Å². The van der Waals surface area contributed by atoms with Gasteiger partial charge in [-0.1, -0.05) is 12.1 Å². The van der Waals surface area contributed by atoms with Gasteiger partial charge in [-0.2, -0.15) is 0 Å². The molecule has 3 rings (SSSR count). The van der Waals surface area contributed by atoms with Crippen molar-refractivity contribution in [1.82, 2.24) is 14.0 Å². The molecule has 2 heterocycles. The topological polar surface area (TPSA) is 68.8 Å². The molecule has 0 bridgehead atoms. The Balaban J connectivity index is 2.22. The Morgan fingerprint density at radius 1 is 1.18 bits per heavy atom. The molecule has 0 aliphatic rings. The number of nitrogens with zero attached hydrogens (tertiary/aromatic N) is 3. The van der Waals surface area contributed by atoms with Gasteiger partial charge in [-0.25, -0.2) is 9.38 Å². The lowest BCUT2D eigenvalue weighted by atomic mass is 10.2. The van der Waals surface area contributed by atoms with Crippen LogP contribution in [0.4, 0.5) is 0 Å². The van der Waals surface area contributed by atoms with Crippen LogP contribution in [0, 0.1) is 13.8 Å². The molecule has 0 aliphatic heterocycles. The number of rotatable bonds is 5. The van der Waals surface area contributed by atoms with Gasteiger partial charge in [-0.15, -0.1) is 0 Å². The van der Waals surface area contributed by atoms with Crippen LogP contribution in [0.15, 0.2) is 29.1 Å². The highest BCUT2D eigenvalue weighted by Gasteiger charge is 2.15. The van der Waals surface area contributed by atoms with E-state index in [-0.39, 0.29) is 12.2 Å². The van der Waals surface area contributed by atoms with Crippen molar-refractivity contribution < 1.29 is 9.84 Å². The molecule has 0 unspecified atom stereocenters. The van der Waals surface area contributed by atoms with Crippen LogP contribution in [0.3, 0.4) is 0 Å². The van der Waals surface area contributed by atoms with E-state index in [4.69, 9.17) is 9.84 Å². The maximum absolute atomic E-state index is 12.6. The number of benzene rings is 1. The molecule has 6 heteroatoms. The molecule has 2 aromatic heterocycles. The van der Waals surface area contributed by atoms with Gasteiger partial charge < -0.3 is 14.4 Å². The van der Waals surface area contributed by atoms with Crippen LogP contribution in [0.2, 0.25) is 0 Å². The number of para-hydroxylation sites is 2. The molecule has 0 atom stereocenters. The predicted molar refractivity (Wildman–Crippen MR) is 84.3 cm³/mol. The van der Waals surface area contributed by atoms with Gasteiger partial charge in [-0.05, 0) is 26.0 Å². The summed E-state index contributed by atoms with van der Waals surface area (Å²) in [5.41, 5.74) is 3.17. The van der Waals surface area contributed by atoms with Crippen molar-refractivity contribution in [2.24, 2.45) is 0 Å². The molecular weight excluding hydrogens is 282 g/mol. The predicted octanol–water partition coefficient (Wildman–Crippen LogP) is 1.27. The van der Waals surface area contributed by atoms with Crippen LogP contribution in [0.5, 0.6) is 0 Å². The monoisotopic (exact) mass is 301 g/mol. The molecule has 0 aliphatic carbocycles. The molecule has 0 spiro atoms. The SMILES string of the molecule is Cc1nc2n(CCOCCO)c3ccccc3n2c(=O)c1C. The van der Waals surface area contributed by atoms with Crippen molar-refractivity contribution in [3.63, 3.8) is 0 Å². The van der Waals surface area contributed by atoms with Crippen molar-refractivity contribution in [3.8, 4) is 0 Å². The van der Waals surface area contributed by atoms with E-state index in [0.717, 1.165) is 16.7 Å². The summed E-state index contributed by atoms with van der Waals surface area (Å²) >= 11 is 0. The van der Waals surface area contributed by atoms with Crippen LogP contribution in [-0.2, 0) is 11.3 Å². The second-order valence-electron chi connectivity index (χ2n) is 5.24. The number of hydrogen-bond donors (Lipinski definition) is 1. The summed E-state index contributed by atoms with van der Waals surface area (Å²) in [5.74, 6) is 0.627. The third-order valence-electron chi connectivity index (χ3n) is 3.88. The van der Waals surface area contributed by atoms with E-state index in [0.29, 0.717) is 31.1 Å². The fraction of sp³-hybridized carbons (Fsp3) is 0.375. The summed E-state index contributed by atoms with van der Waals surface area (Å²) in [7, 11) is 0. The number of aliphatic hydroxyl groups excluding tert-OH is 1. The van der Waals surface area contributed by atoms with Crippen LogP contribution in [0.1, 0.15) is 11.3 Å². The van der Waals surface area contributed by atoms with Gasteiger partial charge in [0.05, 0.1) is 30.9 Å². The zero-order valence-electron chi connectivity index (χ0n) is 12.7. The minimum absolute atomic E-state index is 0.00316. The van der Waals surface area contributed by atoms with E-state index < -0.39 is 0 Å². The fourth-order valence-electron chi connectivity index (χ4n) is 2.63. The van der Waals surface area contributed by atoms with Crippen LogP contribution in [0.25, 0.3) is 16.8 Å². The Bertz CT molecular complexity index is 880. The summed E-state index contributed by atoms with van der Waals surface area (Å²) < 4.78 is 9.00. The minimum Gasteiger partial charge on any atom is -0.394 e. The molecule has 6 nitrogen and oxygen atoms in total. The fourth-order valence-corrected chi connectivity index (χ4v) is 2.63. The Hall–Kier alpha value is -2.18. The Kier molecular flexibility index (Phi) is 3.96. The maximum Gasteiger partial charge on any atom is 0.262 e. The number of aromatic nitrogens is 3. The first-order chi connectivity index (χ1) is 10.6. The molecule has 1 N–H and O–H groups in total. The van der Waals surface area contributed by atoms with Gasteiger partial charge in [0.15, 0.2) is 0 Å².